The molecule has 5 N–H and O–H groups in total. The molecular weight excluding hydrogens is 138 g/mol. The number of H-pyrrole nitrogens is 1. The molecule has 0 saturated carbocycles. The van der Waals surface area contributed by atoms with Crippen molar-refractivity contribution < 1.29 is 0 Å². The van der Waals surface area contributed by atoms with E-state index in [0.717, 1.165) is 18.5 Å². The first-order valence-electron chi connectivity index (χ1n) is 3.93. The Labute approximate surface area is 66.8 Å². The van der Waals surface area contributed by atoms with Crippen molar-refractivity contribution in [2.24, 2.45) is 11.5 Å². The molecule has 0 spiro atoms. The first kappa shape index (κ1) is 8.30. The number of nitrogens with one attached hydrogen (secondary N) is 1. The number of aromatic amines is 1. The predicted octanol–water partition coefficient (Wildman–Crippen LogP) is 0.753. The third-order valence-corrected chi connectivity index (χ3v) is 1.74. The summed E-state index contributed by atoms with van der Waals surface area (Å²) in [6.45, 7) is 0.717. The highest BCUT2D eigenvalue weighted by Gasteiger charge is 2.04. The average Bonchev–Trinajstić information content (AvgIpc) is 2.52. The van der Waals surface area contributed by atoms with Gasteiger partial charge in [-0.2, -0.15) is 0 Å². The molecule has 62 valence electrons. The highest BCUT2D eigenvalue weighted by atomic mass is 14.8. The normalized spacial score (nSPS) is 13.3. The maximum Gasteiger partial charge on any atom is 0.0448 e. The Morgan fingerprint density at radius 1 is 1.55 bits per heavy atom. The Hall–Kier alpha value is -0.800. The van der Waals surface area contributed by atoms with Gasteiger partial charge in [0.2, 0.25) is 0 Å². The van der Waals surface area contributed by atoms with Crippen LogP contribution in [0.15, 0.2) is 18.3 Å². The first-order valence-corrected chi connectivity index (χ1v) is 3.93. The van der Waals surface area contributed by atoms with Crippen molar-refractivity contribution in [1.82, 2.24) is 4.98 Å². The fourth-order valence-corrected chi connectivity index (χ4v) is 1.07. The van der Waals surface area contributed by atoms with Gasteiger partial charge in [0.05, 0.1) is 0 Å². The number of hydrogen-bond acceptors (Lipinski definition) is 2. The van der Waals surface area contributed by atoms with E-state index in [1.807, 2.05) is 18.3 Å². The number of aromatic nitrogens is 1. The Kier molecular flexibility index (Phi) is 3.14. The van der Waals surface area contributed by atoms with Crippen LogP contribution in [0, 0.1) is 0 Å². The molecule has 1 rings (SSSR count). The topological polar surface area (TPSA) is 67.8 Å². The molecule has 0 aromatic carbocycles. The van der Waals surface area contributed by atoms with Crippen molar-refractivity contribution in [1.29, 1.82) is 0 Å². The molecule has 11 heavy (non-hydrogen) atoms. The van der Waals surface area contributed by atoms with E-state index in [2.05, 4.69) is 4.98 Å². The van der Waals surface area contributed by atoms with Crippen molar-refractivity contribution in [2.45, 2.75) is 18.9 Å². The second-order valence-electron chi connectivity index (χ2n) is 2.66. The van der Waals surface area contributed by atoms with Crippen LogP contribution < -0.4 is 11.5 Å². The monoisotopic (exact) mass is 153 g/mol. The number of nitrogens with two attached hydrogens (primary N) is 2. The first-order chi connectivity index (χ1) is 5.34. The minimum absolute atomic E-state index is 0.119. The molecule has 1 heterocycles. The van der Waals surface area contributed by atoms with Gasteiger partial charge in [0, 0.05) is 17.9 Å². The lowest BCUT2D eigenvalue weighted by Crippen LogP contribution is -2.12. The summed E-state index contributed by atoms with van der Waals surface area (Å²) in [5.74, 6) is 0. The zero-order chi connectivity index (χ0) is 8.10. The summed E-state index contributed by atoms with van der Waals surface area (Å²) in [7, 11) is 0. The standard InChI is InChI=1S/C8H15N3/c9-5-1-3-7(10)8-4-2-6-11-8/h2,4,6-7,11H,1,3,5,9-10H2/t7-/m1/s1. The van der Waals surface area contributed by atoms with Crippen molar-refractivity contribution >= 4 is 0 Å². The molecular formula is C8H15N3. The molecule has 1 atom stereocenters. The van der Waals surface area contributed by atoms with E-state index in [9.17, 15) is 0 Å². The SMILES string of the molecule is NCCC[C@@H](N)c1ccc[nH]1. The fourth-order valence-electron chi connectivity index (χ4n) is 1.07. The lowest BCUT2D eigenvalue weighted by molar-refractivity contribution is 0.606. The second kappa shape index (κ2) is 4.16. The molecule has 0 amide bonds. The Bertz CT molecular complexity index is 181. The highest BCUT2D eigenvalue weighted by molar-refractivity contribution is 5.07. The summed E-state index contributed by atoms with van der Waals surface area (Å²) in [6.07, 6.45) is 3.83. The van der Waals surface area contributed by atoms with E-state index in [0.29, 0.717) is 6.54 Å². The zero-order valence-electron chi connectivity index (χ0n) is 6.59. The lowest BCUT2D eigenvalue weighted by Gasteiger charge is -2.07. The van der Waals surface area contributed by atoms with E-state index in [-0.39, 0.29) is 6.04 Å². The maximum absolute atomic E-state index is 5.84. The second-order valence-corrected chi connectivity index (χ2v) is 2.66. The van der Waals surface area contributed by atoms with Gasteiger partial charge >= 0.3 is 0 Å². The summed E-state index contributed by atoms with van der Waals surface area (Å²) in [4.78, 5) is 3.08. The van der Waals surface area contributed by atoms with Crippen LogP contribution in [0.5, 0.6) is 0 Å². The molecule has 3 nitrogen and oxygen atoms in total. The molecule has 0 bridgehead atoms. The molecule has 0 unspecified atom stereocenters. The smallest absolute Gasteiger partial charge is 0.0448 e. The summed E-state index contributed by atoms with van der Waals surface area (Å²) in [5.41, 5.74) is 12.3. The third-order valence-electron chi connectivity index (χ3n) is 1.74. The Morgan fingerprint density at radius 2 is 2.36 bits per heavy atom. The molecule has 0 fully saturated rings. The summed E-state index contributed by atoms with van der Waals surface area (Å²) >= 11 is 0. The molecule has 0 radical (unpaired) electrons. The van der Waals surface area contributed by atoms with Crippen LogP contribution in [-0.4, -0.2) is 11.5 Å². The average molecular weight is 153 g/mol. The van der Waals surface area contributed by atoms with E-state index in [1.165, 1.54) is 0 Å². The van der Waals surface area contributed by atoms with Gasteiger partial charge in [-0.3, -0.25) is 0 Å². The highest BCUT2D eigenvalue weighted by Crippen LogP contribution is 2.11. The quantitative estimate of drug-likeness (QED) is 0.597. The van der Waals surface area contributed by atoms with E-state index in [4.69, 9.17) is 11.5 Å². The minimum Gasteiger partial charge on any atom is -0.364 e. The van der Waals surface area contributed by atoms with Gasteiger partial charge < -0.3 is 16.5 Å². The van der Waals surface area contributed by atoms with Gasteiger partial charge in [-0.15, -0.1) is 0 Å². The molecule has 0 saturated heterocycles. The molecule has 1 aromatic rings. The summed E-state index contributed by atoms with van der Waals surface area (Å²) in [5, 5.41) is 0. The molecule has 0 aliphatic heterocycles. The van der Waals surface area contributed by atoms with Crippen molar-refractivity contribution in [3.05, 3.63) is 24.0 Å². The van der Waals surface area contributed by atoms with Crippen LogP contribution in [-0.2, 0) is 0 Å². The predicted molar refractivity (Wildman–Crippen MR) is 46.0 cm³/mol. The van der Waals surface area contributed by atoms with Crippen molar-refractivity contribution in [3.63, 3.8) is 0 Å². The maximum atomic E-state index is 5.84. The van der Waals surface area contributed by atoms with Gasteiger partial charge in [0.1, 0.15) is 0 Å². The summed E-state index contributed by atoms with van der Waals surface area (Å²) < 4.78 is 0. The van der Waals surface area contributed by atoms with Crippen LogP contribution in [0.2, 0.25) is 0 Å². The van der Waals surface area contributed by atoms with Crippen LogP contribution in [0.1, 0.15) is 24.6 Å². The largest absolute Gasteiger partial charge is 0.364 e. The van der Waals surface area contributed by atoms with E-state index < -0.39 is 0 Å². The zero-order valence-corrected chi connectivity index (χ0v) is 6.59. The Morgan fingerprint density at radius 3 is 2.91 bits per heavy atom. The number of hydrogen-bond donors (Lipinski definition) is 3. The number of rotatable bonds is 4. The van der Waals surface area contributed by atoms with Gasteiger partial charge in [-0.05, 0) is 31.5 Å². The van der Waals surface area contributed by atoms with Crippen LogP contribution in [0.3, 0.4) is 0 Å². The molecule has 3 heteroatoms. The third kappa shape index (κ3) is 2.37. The van der Waals surface area contributed by atoms with Gasteiger partial charge in [-0.25, -0.2) is 0 Å². The van der Waals surface area contributed by atoms with E-state index in [1.54, 1.807) is 0 Å². The fraction of sp³-hybridized carbons (Fsp3) is 0.500. The van der Waals surface area contributed by atoms with Gasteiger partial charge in [-0.1, -0.05) is 0 Å². The van der Waals surface area contributed by atoms with Gasteiger partial charge in [0.15, 0.2) is 0 Å². The van der Waals surface area contributed by atoms with Crippen LogP contribution in [0.4, 0.5) is 0 Å². The van der Waals surface area contributed by atoms with Crippen molar-refractivity contribution in [2.75, 3.05) is 6.54 Å². The molecule has 0 aliphatic carbocycles. The Balaban J connectivity index is 2.36. The minimum atomic E-state index is 0.119. The van der Waals surface area contributed by atoms with Crippen molar-refractivity contribution in [3.8, 4) is 0 Å². The molecule has 0 aliphatic rings. The van der Waals surface area contributed by atoms with E-state index >= 15 is 0 Å². The molecule has 1 aromatic heterocycles. The summed E-state index contributed by atoms with van der Waals surface area (Å²) in [6, 6.07) is 4.08. The van der Waals surface area contributed by atoms with Gasteiger partial charge in [0.25, 0.3) is 0 Å². The van der Waals surface area contributed by atoms with Crippen LogP contribution >= 0.6 is 0 Å². The lowest BCUT2D eigenvalue weighted by atomic mass is 10.1. The van der Waals surface area contributed by atoms with Crippen LogP contribution in [0.25, 0.3) is 0 Å².